The Morgan fingerprint density at radius 2 is 1.53 bits per heavy atom. The second-order valence-electron chi connectivity index (χ2n) is 10.2. The zero-order valence-electron chi connectivity index (χ0n) is 23.7. The molecule has 0 fully saturated rings. The molecule has 7 nitrogen and oxygen atoms in total. The zero-order chi connectivity index (χ0) is 31.9. The van der Waals surface area contributed by atoms with Crippen molar-refractivity contribution in [3.8, 4) is 0 Å². The standard InChI is InChI=1S/C30H32Cl2F3N3O4S/c1-4-27(29(40)36-17-20(2)3)37(18-24-25(31)14-9-15-26(24)32)28(39)19-38(43(41,42)23-12-6-5-7-13-23)22-11-8-10-21(16-22)30(33,34)35/h5-16,20,27H,4,17-19H2,1-3H3,(H,36,40)/t27-/m0/s1. The number of anilines is 1. The van der Waals surface area contributed by atoms with Gasteiger partial charge >= 0.3 is 6.18 Å². The van der Waals surface area contributed by atoms with Crippen molar-refractivity contribution in [1.82, 2.24) is 10.2 Å². The van der Waals surface area contributed by atoms with E-state index in [1.54, 1.807) is 31.2 Å². The molecule has 43 heavy (non-hydrogen) atoms. The Bertz CT molecular complexity index is 1520. The van der Waals surface area contributed by atoms with Gasteiger partial charge < -0.3 is 10.2 Å². The molecule has 0 aliphatic carbocycles. The summed E-state index contributed by atoms with van der Waals surface area (Å²) >= 11 is 12.8. The van der Waals surface area contributed by atoms with Gasteiger partial charge in [0.15, 0.2) is 0 Å². The number of sulfonamides is 1. The van der Waals surface area contributed by atoms with Gasteiger partial charge in [0.1, 0.15) is 12.6 Å². The highest BCUT2D eigenvalue weighted by atomic mass is 35.5. The number of carbonyl (C=O) groups excluding carboxylic acids is 2. The molecule has 3 aromatic rings. The van der Waals surface area contributed by atoms with E-state index in [0.717, 1.165) is 17.0 Å². The largest absolute Gasteiger partial charge is 0.416 e. The van der Waals surface area contributed by atoms with Crippen LogP contribution in [0.15, 0.2) is 77.7 Å². The van der Waals surface area contributed by atoms with Crippen molar-refractivity contribution < 1.29 is 31.2 Å². The van der Waals surface area contributed by atoms with Crippen molar-refractivity contribution in [2.45, 2.75) is 50.9 Å². The first-order valence-electron chi connectivity index (χ1n) is 13.4. The van der Waals surface area contributed by atoms with Crippen LogP contribution in [-0.2, 0) is 32.3 Å². The van der Waals surface area contributed by atoms with Gasteiger partial charge in [0, 0.05) is 28.7 Å². The van der Waals surface area contributed by atoms with Crippen LogP contribution in [0.4, 0.5) is 18.9 Å². The number of hydrogen-bond donors (Lipinski definition) is 1. The van der Waals surface area contributed by atoms with Crippen LogP contribution in [0.25, 0.3) is 0 Å². The molecule has 0 saturated carbocycles. The first-order chi connectivity index (χ1) is 20.2. The highest BCUT2D eigenvalue weighted by molar-refractivity contribution is 7.92. The molecule has 13 heteroatoms. The van der Waals surface area contributed by atoms with E-state index in [9.17, 15) is 31.2 Å². The molecule has 0 heterocycles. The Morgan fingerprint density at radius 3 is 2.09 bits per heavy atom. The third-order valence-electron chi connectivity index (χ3n) is 6.53. The number of halogens is 5. The number of benzene rings is 3. The average Bonchev–Trinajstić information content (AvgIpc) is 2.96. The van der Waals surface area contributed by atoms with Crippen LogP contribution >= 0.6 is 23.2 Å². The molecule has 1 atom stereocenters. The molecule has 0 unspecified atom stereocenters. The van der Waals surface area contributed by atoms with E-state index >= 15 is 0 Å². The molecular formula is C30H32Cl2F3N3O4S. The molecular weight excluding hydrogens is 626 g/mol. The summed E-state index contributed by atoms with van der Waals surface area (Å²) in [5.74, 6) is -1.22. The second-order valence-corrected chi connectivity index (χ2v) is 12.8. The molecule has 0 spiro atoms. The SMILES string of the molecule is CC[C@@H](C(=O)NCC(C)C)N(Cc1c(Cl)cccc1Cl)C(=O)CN(c1cccc(C(F)(F)F)c1)S(=O)(=O)c1ccccc1. The summed E-state index contributed by atoms with van der Waals surface area (Å²) in [7, 11) is -4.54. The van der Waals surface area contributed by atoms with Crippen LogP contribution < -0.4 is 9.62 Å². The van der Waals surface area contributed by atoms with Crippen molar-refractivity contribution in [2.75, 3.05) is 17.4 Å². The van der Waals surface area contributed by atoms with Crippen molar-refractivity contribution in [1.29, 1.82) is 0 Å². The van der Waals surface area contributed by atoms with Gasteiger partial charge in [-0.2, -0.15) is 13.2 Å². The first kappa shape index (κ1) is 34.2. The highest BCUT2D eigenvalue weighted by Gasteiger charge is 2.36. The molecule has 3 aromatic carbocycles. The van der Waals surface area contributed by atoms with Crippen LogP contribution in [0.2, 0.25) is 10.0 Å². The molecule has 0 saturated heterocycles. The van der Waals surface area contributed by atoms with E-state index in [2.05, 4.69) is 5.32 Å². The predicted molar refractivity (Wildman–Crippen MR) is 161 cm³/mol. The number of alkyl halides is 3. The van der Waals surface area contributed by atoms with Crippen molar-refractivity contribution >= 4 is 50.7 Å². The summed E-state index contributed by atoms with van der Waals surface area (Å²) in [6, 6.07) is 14.4. The Hall–Kier alpha value is -3.28. The molecule has 3 rings (SSSR count). The Kier molecular flexibility index (Phi) is 11.5. The Morgan fingerprint density at radius 1 is 0.930 bits per heavy atom. The van der Waals surface area contributed by atoms with Crippen LogP contribution in [0.5, 0.6) is 0 Å². The summed E-state index contributed by atoms with van der Waals surface area (Å²) < 4.78 is 69.1. The summed E-state index contributed by atoms with van der Waals surface area (Å²) in [4.78, 5) is 28.3. The maximum Gasteiger partial charge on any atom is 0.416 e. The van der Waals surface area contributed by atoms with Crippen molar-refractivity contribution in [3.05, 3.63) is 94.0 Å². The summed E-state index contributed by atoms with van der Waals surface area (Å²) in [6.45, 7) is 4.63. The third kappa shape index (κ3) is 8.64. The number of carbonyl (C=O) groups is 2. The van der Waals surface area contributed by atoms with Gasteiger partial charge in [0.2, 0.25) is 11.8 Å². The molecule has 0 aliphatic heterocycles. The molecule has 0 aromatic heterocycles. The highest BCUT2D eigenvalue weighted by Crippen LogP contribution is 2.34. The monoisotopic (exact) mass is 657 g/mol. The van der Waals surface area contributed by atoms with Gasteiger partial charge in [-0.1, -0.05) is 74.3 Å². The fourth-order valence-electron chi connectivity index (χ4n) is 4.28. The second kappa shape index (κ2) is 14.5. The van der Waals surface area contributed by atoms with E-state index in [0.29, 0.717) is 22.5 Å². The Labute approximate surface area is 259 Å². The smallest absolute Gasteiger partial charge is 0.354 e. The third-order valence-corrected chi connectivity index (χ3v) is 9.03. The number of amides is 2. The lowest BCUT2D eigenvalue weighted by atomic mass is 10.1. The van der Waals surface area contributed by atoms with Crippen molar-refractivity contribution in [3.63, 3.8) is 0 Å². The number of nitrogens with one attached hydrogen (secondary N) is 1. The maximum atomic E-state index is 14.1. The van der Waals surface area contributed by atoms with E-state index in [4.69, 9.17) is 23.2 Å². The van der Waals surface area contributed by atoms with Gasteiger partial charge in [-0.3, -0.25) is 13.9 Å². The van der Waals surface area contributed by atoms with E-state index in [1.807, 2.05) is 13.8 Å². The van der Waals surface area contributed by atoms with Gasteiger partial charge in [-0.25, -0.2) is 8.42 Å². The summed E-state index contributed by atoms with van der Waals surface area (Å²) in [5.41, 5.74) is -1.14. The quantitative estimate of drug-likeness (QED) is 0.232. The summed E-state index contributed by atoms with van der Waals surface area (Å²) in [5, 5.41) is 3.23. The fraction of sp³-hybridized carbons (Fsp3) is 0.333. The topological polar surface area (TPSA) is 86.8 Å². The van der Waals surface area contributed by atoms with E-state index < -0.39 is 46.2 Å². The minimum absolute atomic E-state index is 0.107. The fourth-order valence-corrected chi connectivity index (χ4v) is 6.23. The van der Waals surface area contributed by atoms with Gasteiger partial charge in [0.25, 0.3) is 10.0 Å². The number of rotatable bonds is 12. The van der Waals surface area contributed by atoms with E-state index in [1.165, 1.54) is 30.3 Å². The molecule has 0 bridgehead atoms. The number of nitrogens with zero attached hydrogens (tertiary/aromatic N) is 2. The number of hydrogen-bond acceptors (Lipinski definition) is 4. The van der Waals surface area contributed by atoms with Gasteiger partial charge in [-0.05, 0) is 54.8 Å². The minimum atomic E-state index is -4.77. The normalized spacial score (nSPS) is 12.6. The lowest BCUT2D eigenvalue weighted by Crippen LogP contribution is -2.52. The van der Waals surface area contributed by atoms with Gasteiger partial charge in [-0.15, -0.1) is 0 Å². The minimum Gasteiger partial charge on any atom is -0.354 e. The molecule has 0 aliphatic rings. The lowest BCUT2D eigenvalue weighted by Gasteiger charge is -2.33. The molecule has 232 valence electrons. The van der Waals surface area contributed by atoms with Crippen LogP contribution in [0, 0.1) is 5.92 Å². The average molecular weight is 659 g/mol. The first-order valence-corrected chi connectivity index (χ1v) is 15.6. The summed E-state index contributed by atoms with van der Waals surface area (Å²) in [6.07, 6.45) is -4.62. The van der Waals surface area contributed by atoms with Crippen LogP contribution in [0.3, 0.4) is 0 Å². The lowest BCUT2D eigenvalue weighted by molar-refractivity contribution is -0.140. The molecule has 0 radical (unpaired) electrons. The predicted octanol–water partition coefficient (Wildman–Crippen LogP) is 6.79. The maximum absolute atomic E-state index is 14.1. The van der Waals surface area contributed by atoms with Crippen molar-refractivity contribution in [2.24, 2.45) is 5.92 Å². The van der Waals surface area contributed by atoms with Crippen LogP contribution in [0.1, 0.15) is 38.3 Å². The zero-order valence-corrected chi connectivity index (χ0v) is 26.1. The molecule has 2 amide bonds. The Balaban J connectivity index is 2.13. The van der Waals surface area contributed by atoms with Gasteiger partial charge in [0.05, 0.1) is 16.1 Å². The van der Waals surface area contributed by atoms with Crippen LogP contribution in [-0.4, -0.2) is 44.3 Å². The molecule has 1 N–H and O–H groups in total. The van der Waals surface area contributed by atoms with E-state index in [-0.39, 0.29) is 39.5 Å².